The Balaban J connectivity index is 0.000000270. The Kier molecular flexibility index (Phi) is 7.35. The van der Waals surface area contributed by atoms with Crippen LogP contribution in [-0.4, -0.2) is 43.2 Å². The average molecular weight is 562 g/mol. The molecule has 14 heteroatoms. The van der Waals surface area contributed by atoms with Crippen LogP contribution >= 0.6 is 0 Å². The Morgan fingerprint density at radius 1 is 0.974 bits per heavy atom. The van der Waals surface area contributed by atoms with Crippen molar-refractivity contribution in [3.05, 3.63) is 89.4 Å². The van der Waals surface area contributed by atoms with Gasteiger partial charge in [0.2, 0.25) is 0 Å². The summed E-state index contributed by atoms with van der Waals surface area (Å²) in [5.74, 6) is -0.365. The minimum absolute atomic E-state index is 0.0666. The van der Waals surface area contributed by atoms with Crippen molar-refractivity contribution in [1.82, 2.24) is 23.9 Å². The fourth-order valence-electron chi connectivity index (χ4n) is 3.75. The van der Waals surface area contributed by atoms with Crippen LogP contribution in [0.25, 0.3) is 27.8 Å². The first-order valence-corrected chi connectivity index (χ1v) is 12.6. The van der Waals surface area contributed by atoms with E-state index in [1.54, 1.807) is 54.1 Å². The number of halogens is 3. The number of benzene rings is 2. The summed E-state index contributed by atoms with van der Waals surface area (Å²) in [5.41, 5.74) is 3.35. The first-order valence-electron chi connectivity index (χ1n) is 11.2. The number of nitrogens with zero attached hydrogens (tertiary/aromatic N) is 5. The SMILES string of the molecule is Cc1ccc(S(=O)(=O)O)cc1.Cn1cc(-c2cn(-c3ccc(OC(F)(F)F)cc3)c(=O)c3ncn(C)c23)cn1. The maximum atomic E-state index is 12.9. The van der Waals surface area contributed by atoms with E-state index in [-0.39, 0.29) is 21.7 Å². The molecule has 39 heavy (non-hydrogen) atoms. The molecule has 0 radical (unpaired) electrons. The molecule has 10 nitrogen and oxygen atoms in total. The van der Waals surface area contributed by atoms with Gasteiger partial charge in [0.1, 0.15) is 5.75 Å². The number of fused-ring (bicyclic) bond motifs is 1. The first-order chi connectivity index (χ1) is 18.2. The number of imidazole rings is 1. The van der Waals surface area contributed by atoms with E-state index in [2.05, 4.69) is 14.8 Å². The highest BCUT2D eigenvalue weighted by Gasteiger charge is 2.31. The lowest BCUT2D eigenvalue weighted by Crippen LogP contribution is -2.19. The van der Waals surface area contributed by atoms with E-state index in [9.17, 15) is 26.4 Å². The largest absolute Gasteiger partial charge is 0.573 e. The topological polar surface area (TPSA) is 121 Å². The number of rotatable bonds is 4. The summed E-state index contributed by atoms with van der Waals surface area (Å²) in [6.45, 7) is 1.84. The highest BCUT2D eigenvalue weighted by Crippen LogP contribution is 2.28. The second-order valence-electron chi connectivity index (χ2n) is 8.50. The maximum Gasteiger partial charge on any atom is 0.573 e. The highest BCUT2D eigenvalue weighted by atomic mass is 32.2. The Bertz CT molecular complexity index is 1790. The molecule has 5 aromatic rings. The number of aromatic nitrogens is 5. The summed E-state index contributed by atoms with van der Waals surface area (Å²) >= 11 is 0. The van der Waals surface area contributed by atoms with Gasteiger partial charge in [-0.15, -0.1) is 13.2 Å². The van der Waals surface area contributed by atoms with Crippen LogP contribution in [-0.2, 0) is 24.2 Å². The molecule has 0 aliphatic rings. The molecule has 0 bridgehead atoms. The Morgan fingerprint density at radius 3 is 2.15 bits per heavy atom. The minimum atomic E-state index is -4.78. The van der Waals surface area contributed by atoms with Crippen molar-refractivity contribution >= 4 is 21.2 Å². The van der Waals surface area contributed by atoms with Crippen LogP contribution in [0.15, 0.2) is 83.1 Å². The fourth-order valence-corrected chi connectivity index (χ4v) is 4.23. The van der Waals surface area contributed by atoms with Gasteiger partial charge in [0.25, 0.3) is 15.7 Å². The maximum absolute atomic E-state index is 12.9. The Morgan fingerprint density at radius 2 is 1.62 bits per heavy atom. The third-order valence-electron chi connectivity index (χ3n) is 5.55. The zero-order valence-electron chi connectivity index (χ0n) is 20.8. The molecule has 0 atom stereocenters. The molecule has 0 aliphatic carbocycles. The molecule has 3 heterocycles. The van der Waals surface area contributed by atoms with E-state index in [1.165, 1.54) is 35.2 Å². The summed E-state index contributed by atoms with van der Waals surface area (Å²) < 4.78 is 75.2. The van der Waals surface area contributed by atoms with E-state index in [4.69, 9.17) is 4.55 Å². The van der Waals surface area contributed by atoms with Crippen LogP contribution in [0.5, 0.6) is 5.75 Å². The second-order valence-corrected chi connectivity index (χ2v) is 9.92. The fraction of sp³-hybridized carbons (Fsp3) is 0.160. The summed E-state index contributed by atoms with van der Waals surface area (Å²) in [6, 6.07) is 11.1. The van der Waals surface area contributed by atoms with Gasteiger partial charge >= 0.3 is 6.36 Å². The molecule has 5 rings (SSSR count). The molecular formula is C25H22F3N5O5S. The van der Waals surface area contributed by atoms with Gasteiger partial charge < -0.3 is 9.30 Å². The molecule has 2 aromatic carbocycles. The van der Waals surface area contributed by atoms with Crippen molar-refractivity contribution in [3.63, 3.8) is 0 Å². The van der Waals surface area contributed by atoms with E-state index in [0.29, 0.717) is 11.2 Å². The molecular weight excluding hydrogens is 539 g/mol. The number of pyridine rings is 1. The lowest BCUT2D eigenvalue weighted by Gasteiger charge is -2.12. The third-order valence-corrected chi connectivity index (χ3v) is 6.42. The summed E-state index contributed by atoms with van der Waals surface area (Å²) in [5, 5.41) is 4.16. The first kappa shape index (κ1) is 27.6. The van der Waals surface area contributed by atoms with Crippen molar-refractivity contribution in [2.24, 2.45) is 14.1 Å². The van der Waals surface area contributed by atoms with Gasteiger partial charge in [0.05, 0.1) is 22.9 Å². The monoisotopic (exact) mass is 561 g/mol. The number of hydrogen-bond donors (Lipinski definition) is 1. The Hall–Kier alpha value is -4.43. The van der Waals surface area contributed by atoms with Crippen LogP contribution in [0.1, 0.15) is 5.56 Å². The molecule has 0 spiro atoms. The van der Waals surface area contributed by atoms with Crippen molar-refractivity contribution < 1.29 is 30.9 Å². The van der Waals surface area contributed by atoms with Gasteiger partial charge in [0.15, 0.2) is 5.52 Å². The lowest BCUT2D eigenvalue weighted by molar-refractivity contribution is -0.274. The van der Waals surface area contributed by atoms with Crippen molar-refractivity contribution in [1.29, 1.82) is 0 Å². The van der Waals surface area contributed by atoms with Crippen molar-refractivity contribution in [2.45, 2.75) is 18.2 Å². The zero-order valence-corrected chi connectivity index (χ0v) is 21.6. The summed E-state index contributed by atoms with van der Waals surface area (Å²) in [7, 11) is -0.462. The smallest absolute Gasteiger partial charge is 0.406 e. The number of alkyl halides is 3. The van der Waals surface area contributed by atoms with E-state index < -0.39 is 16.5 Å². The van der Waals surface area contributed by atoms with Gasteiger partial charge in [-0.3, -0.25) is 18.6 Å². The van der Waals surface area contributed by atoms with Gasteiger partial charge in [0, 0.05) is 43.3 Å². The normalized spacial score (nSPS) is 11.8. The van der Waals surface area contributed by atoms with Gasteiger partial charge in [-0.05, 0) is 43.3 Å². The van der Waals surface area contributed by atoms with Gasteiger partial charge in [-0.1, -0.05) is 17.7 Å². The molecule has 0 fully saturated rings. The predicted octanol–water partition coefficient (Wildman–Crippen LogP) is 4.27. The molecule has 1 N–H and O–H groups in total. The van der Waals surface area contributed by atoms with Crippen molar-refractivity contribution in [3.8, 4) is 22.6 Å². The van der Waals surface area contributed by atoms with Crippen LogP contribution < -0.4 is 10.3 Å². The molecule has 0 amide bonds. The average Bonchev–Trinajstić information content (AvgIpc) is 3.45. The molecule has 0 saturated heterocycles. The number of hydrogen-bond acceptors (Lipinski definition) is 6. The van der Waals surface area contributed by atoms with E-state index in [0.717, 1.165) is 28.8 Å². The van der Waals surface area contributed by atoms with Gasteiger partial charge in [-0.25, -0.2) is 4.98 Å². The van der Waals surface area contributed by atoms with Crippen LogP contribution in [0.2, 0.25) is 0 Å². The highest BCUT2D eigenvalue weighted by molar-refractivity contribution is 7.85. The quantitative estimate of drug-likeness (QED) is 0.326. The van der Waals surface area contributed by atoms with Crippen LogP contribution in [0.4, 0.5) is 13.2 Å². The second kappa shape index (κ2) is 10.4. The van der Waals surface area contributed by atoms with E-state index >= 15 is 0 Å². The lowest BCUT2D eigenvalue weighted by atomic mass is 10.1. The molecule has 0 aliphatic heterocycles. The third kappa shape index (κ3) is 6.35. The Labute approximate surface area is 220 Å². The van der Waals surface area contributed by atoms with Crippen LogP contribution in [0, 0.1) is 6.92 Å². The summed E-state index contributed by atoms with van der Waals surface area (Å²) in [4.78, 5) is 17.0. The van der Waals surface area contributed by atoms with Gasteiger partial charge in [-0.2, -0.15) is 13.5 Å². The predicted molar refractivity (Wildman–Crippen MR) is 136 cm³/mol. The van der Waals surface area contributed by atoms with Crippen molar-refractivity contribution in [2.75, 3.05) is 0 Å². The van der Waals surface area contributed by atoms with Crippen LogP contribution in [0.3, 0.4) is 0 Å². The van der Waals surface area contributed by atoms with E-state index in [1.807, 2.05) is 6.92 Å². The number of aryl methyl sites for hydroxylation is 3. The minimum Gasteiger partial charge on any atom is -0.406 e. The number of ether oxygens (including phenoxy) is 1. The summed E-state index contributed by atoms with van der Waals surface area (Å²) in [6.07, 6.45) is 1.85. The molecule has 0 unspecified atom stereocenters. The molecule has 3 aromatic heterocycles. The zero-order chi connectivity index (χ0) is 28.5. The standard InChI is InChI=1S/C18H14F3N5O2.C7H8O3S/c1-24-10-22-15-16(24)14(11-7-23-25(2)8-11)9-26(17(15)27)12-3-5-13(6-4-12)28-18(19,20)21;1-6-2-4-7(5-3-6)11(8,9)10/h3-10H,1-2H3;2-5H,1H3,(H,8,9,10). The molecule has 0 saturated carbocycles. The molecule has 204 valence electrons.